The number of unbranched alkanes of at least 4 members (excludes halogenated alkanes) is 4. The van der Waals surface area contributed by atoms with Gasteiger partial charge in [-0.15, -0.1) is 0 Å². The molecule has 0 aromatic rings. The summed E-state index contributed by atoms with van der Waals surface area (Å²) in [5.74, 6) is 0.734. The second-order valence-corrected chi connectivity index (χ2v) is 5.24. The fourth-order valence-electron chi connectivity index (χ4n) is 1.91. The molecule has 0 amide bonds. The first-order valence-corrected chi connectivity index (χ1v) is 7.32. The number of hydrogen-bond donors (Lipinski definition) is 0. The summed E-state index contributed by atoms with van der Waals surface area (Å²) in [5.41, 5.74) is 0. The minimum Gasteiger partial charge on any atom is -0.378 e. The SMILES string of the molecule is CCCCCCC(C)OCC(C)CCCC. The highest BCUT2D eigenvalue weighted by molar-refractivity contribution is 4.55. The summed E-state index contributed by atoms with van der Waals surface area (Å²) in [6.45, 7) is 9.99. The molecule has 0 bridgehead atoms. The fraction of sp³-hybridized carbons (Fsp3) is 1.00. The maximum absolute atomic E-state index is 5.88. The van der Waals surface area contributed by atoms with E-state index in [2.05, 4.69) is 27.7 Å². The zero-order valence-electron chi connectivity index (χ0n) is 11.9. The fourth-order valence-corrected chi connectivity index (χ4v) is 1.91. The molecule has 0 N–H and O–H groups in total. The smallest absolute Gasteiger partial charge is 0.0547 e. The Hall–Kier alpha value is -0.0400. The van der Waals surface area contributed by atoms with Crippen LogP contribution >= 0.6 is 0 Å². The second kappa shape index (κ2) is 11.4. The van der Waals surface area contributed by atoms with E-state index >= 15 is 0 Å². The molecule has 2 atom stereocenters. The van der Waals surface area contributed by atoms with Gasteiger partial charge in [0.15, 0.2) is 0 Å². The van der Waals surface area contributed by atoms with Crippen molar-refractivity contribution in [2.75, 3.05) is 6.61 Å². The Morgan fingerprint density at radius 2 is 1.50 bits per heavy atom. The molecular weight excluding hydrogens is 196 g/mol. The average Bonchev–Trinajstić information content (AvgIpc) is 2.29. The van der Waals surface area contributed by atoms with Gasteiger partial charge in [0.05, 0.1) is 6.10 Å². The Balaban J connectivity index is 3.31. The maximum atomic E-state index is 5.88. The van der Waals surface area contributed by atoms with E-state index in [1.54, 1.807) is 0 Å². The van der Waals surface area contributed by atoms with E-state index in [4.69, 9.17) is 4.74 Å². The first-order valence-electron chi connectivity index (χ1n) is 7.32. The van der Waals surface area contributed by atoms with E-state index in [0.717, 1.165) is 12.5 Å². The van der Waals surface area contributed by atoms with E-state index < -0.39 is 0 Å². The van der Waals surface area contributed by atoms with Crippen molar-refractivity contribution in [2.45, 2.75) is 85.2 Å². The number of hydrogen-bond acceptors (Lipinski definition) is 1. The summed E-state index contributed by atoms with van der Waals surface area (Å²) in [6.07, 6.45) is 11.1. The molecule has 1 heteroatoms. The Bertz CT molecular complexity index is 133. The van der Waals surface area contributed by atoms with Gasteiger partial charge in [-0.2, -0.15) is 0 Å². The van der Waals surface area contributed by atoms with Gasteiger partial charge in [-0.1, -0.05) is 59.3 Å². The molecule has 0 heterocycles. The zero-order valence-corrected chi connectivity index (χ0v) is 11.9. The molecule has 0 aromatic heterocycles. The van der Waals surface area contributed by atoms with Crippen LogP contribution in [0.1, 0.15) is 79.1 Å². The lowest BCUT2D eigenvalue weighted by Crippen LogP contribution is -2.14. The van der Waals surface area contributed by atoms with Gasteiger partial charge in [0.2, 0.25) is 0 Å². The summed E-state index contributed by atoms with van der Waals surface area (Å²) in [6, 6.07) is 0. The molecular formula is C15H32O. The average molecular weight is 228 g/mol. The minimum absolute atomic E-state index is 0.459. The van der Waals surface area contributed by atoms with Crippen LogP contribution < -0.4 is 0 Å². The van der Waals surface area contributed by atoms with Crippen molar-refractivity contribution < 1.29 is 4.74 Å². The van der Waals surface area contributed by atoms with Crippen molar-refractivity contribution in [3.05, 3.63) is 0 Å². The molecule has 0 aliphatic heterocycles. The second-order valence-electron chi connectivity index (χ2n) is 5.24. The third-order valence-corrected chi connectivity index (χ3v) is 3.18. The van der Waals surface area contributed by atoms with E-state index in [-0.39, 0.29) is 0 Å². The molecule has 0 aliphatic rings. The highest BCUT2D eigenvalue weighted by Crippen LogP contribution is 2.12. The summed E-state index contributed by atoms with van der Waals surface area (Å²) in [7, 11) is 0. The van der Waals surface area contributed by atoms with Crippen molar-refractivity contribution in [1.82, 2.24) is 0 Å². The highest BCUT2D eigenvalue weighted by Gasteiger charge is 2.06. The predicted octanol–water partition coefficient (Wildman–Crippen LogP) is 5.19. The van der Waals surface area contributed by atoms with Crippen LogP contribution in [-0.4, -0.2) is 12.7 Å². The maximum Gasteiger partial charge on any atom is 0.0547 e. The van der Waals surface area contributed by atoms with Gasteiger partial charge in [0.1, 0.15) is 0 Å². The molecule has 0 aromatic carbocycles. The van der Waals surface area contributed by atoms with E-state index in [1.165, 1.54) is 51.4 Å². The largest absolute Gasteiger partial charge is 0.378 e. The third kappa shape index (κ3) is 10.5. The molecule has 0 radical (unpaired) electrons. The minimum atomic E-state index is 0.459. The van der Waals surface area contributed by atoms with Crippen LogP contribution in [0.25, 0.3) is 0 Å². The first kappa shape index (κ1) is 16.0. The summed E-state index contributed by atoms with van der Waals surface area (Å²) in [5, 5.41) is 0. The van der Waals surface area contributed by atoms with Gasteiger partial charge in [0, 0.05) is 6.61 Å². The molecule has 1 nitrogen and oxygen atoms in total. The lowest BCUT2D eigenvalue weighted by molar-refractivity contribution is 0.0353. The lowest BCUT2D eigenvalue weighted by atomic mass is 10.1. The van der Waals surface area contributed by atoms with Gasteiger partial charge in [-0.05, 0) is 25.7 Å². The molecule has 0 aliphatic carbocycles. The van der Waals surface area contributed by atoms with Crippen molar-refractivity contribution in [1.29, 1.82) is 0 Å². The van der Waals surface area contributed by atoms with Crippen molar-refractivity contribution in [2.24, 2.45) is 5.92 Å². The van der Waals surface area contributed by atoms with Crippen LogP contribution in [0.2, 0.25) is 0 Å². The molecule has 0 spiro atoms. The van der Waals surface area contributed by atoms with Gasteiger partial charge < -0.3 is 4.74 Å². The Kier molecular flexibility index (Phi) is 11.4. The standard InChI is InChI=1S/C15H32O/c1-5-7-9-10-12-15(4)16-13-14(3)11-8-6-2/h14-15H,5-13H2,1-4H3. The number of ether oxygens (including phenoxy) is 1. The monoisotopic (exact) mass is 228 g/mol. The summed E-state index contributed by atoms with van der Waals surface area (Å²) < 4.78 is 5.88. The topological polar surface area (TPSA) is 9.23 Å². The molecule has 0 fully saturated rings. The van der Waals surface area contributed by atoms with E-state index in [0.29, 0.717) is 6.10 Å². The Labute approximate surface area is 103 Å². The van der Waals surface area contributed by atoms with E-state index in [9.17, 15) is 0 Å². The molecule has 98 valence electrons. The van der Waals surface area contributed by atoms with Crippen LogP contribution in [0.5, 0.6) is 0 Å². The van der Waals surface area contributed by atoms with Crippen molar-refractivity contribution in [3.8, 4) is 0 Å². The molecule has 2 unspecified atom stereocenters. The van der Waals surface area contributed by atoms with Gasteiger partial charge in [-0.3, -0.25) is 0 Å². The molecule has 16 heavy (non-hydrogen) atoms. The molecule has 0 saturated heterocycles. The Morgan fingerprint density at radius 3 is 2.12 bits per heavy atom. The first-order chi connectivity index (χ1) is 7.70. The summed E-state index contributed by atoms with van der Waals surface area (Å²) in [4.78, 5) is 0. The summed E-state index contributed by atoms with van der Waals surface area (Å²) >= 11 is 0. The van der Waals surface area contributed by atoms with Crippen LogP contribution in [-0.2, 0) is 4.74 Å². The Morgan fingerprint density at radius 1 is 0.812 bits per heavy atom. The molecule has 0 saturated carbocycles. The quantitative estimate of drug-likeness (QED) is 0.442. The van der Waals surface area contributed by atoms with Crippen LogP contribution in [0.3, 0.4) is 0 Å². The molecule has 0 rings (SSSR count). The zero-order chi connectivity index (χ0) is 12.2. The van der Waals surface area contributed by atoms with Gasteiger partial charge in [-0.25, -0.2) is 0 Å². The lowest BCUT2D eigenvalue weighted by Gasteiger charge is -2.16. The van der Waals surface area contributed by atoms with Crippen molar-refractivity contribution in [3.63, 3.8) is 0 Å². The third-order valence-electron chi connectivity index (χ3n) is 3.18. The highest BCUT2D eigenvalue weighted by atomic mass is 16.5. The normalized spacial score (nSPS) is 15.0. The van der Waals surface area contributed by atoms with Crippen molar-refractivity contribution >= 4 is 0 Å². The number of rotatable bonds is 11. The van der Waals surface area contributed by atoms with Crippen LogP contribution in [0, 0.1) is 5.92 Å². The van der Waals surface area contributed by atoms with Gasteiger partial charge in [0.25, 0.3) is 0 Å². The van der Waals surface area contributed by atoms with Gasteiger partial charge >= 0.3 is 0 Å². The van der Waals surface area contributed by atoms with Crippen LogP contribution in [0.15, 0.2) is 0 Å². The van der Waals surface area contributed by atoms with E-state index in [1.807, 2.05) is 0 Å². The van der Waals surface area contributed by atoms with Crippen LogP contribution in [0.4, 0.5) is 0 Å². The predicted molar refractivity (Wildman–Crippen MR) is 72.9 cm³/mol.